The van der Waals surface area contributed by atoms with Gasteiger partial charge in [-0.2, -0.15) is 0 Å². The van der Waals surface area contributed by atoms with E-state index in [2.05, 4.69) is 24.5 Å². The minimum Gasteiger partial charge on any atom is -0.445 e. The van der Waals surface area contributed by atoms with Crippen LogP contribution in [0.15, 0.2) is 24.3 Å². The molecule has 0 aromatic heterocycles. The molecule has 0 bridgehead atoms. The van der Waals surface area contributed by atoms with Crippen LogP contribution in [0.25, 0.3) is 0 Å². The van der Waals surface area contributed by atoms with Crippen molar-refractivity contribution >= 4 is 19.1 Å². The molecule has 1 aromatic carbocycles. The summed E-state index contributed by atoms with van der Waals surface area (Å²) in [6.07, 6.45) is -0.534. The van der Waals surface area contributed by atoms with Gasteiger partial charge in [-0.25, -0.2) is 4.79 Å². The number of ether oxygens (including phenoxy) is 1. The molecular weight excluding hydrogens is 315 g/mol. The lowest BCUT2D eigenvalue weighted by Crippen LogP contribution is -2.27. The van der Waals surface area contributed by atoms with Gasteiger partial charge < -0.3 is 20.3 Å². The first kappa shape index (κ1) is 19.5. The molecule has 7 heteroatoms. The van der Waals surface area contributed by atoms with E-state index < -0.39 is 13.5 Å². The van der Waals surface area contributed by atoms with E-state index in [0.717, 1.165) is 11.3 Å². The average molecular weight is 342 g/mol. The molecular formula is C16H27N2O4P. The highest BCUT2D eigenvalue weighted by atomic mass is 31.2. The Balaban J connectivity index is 2.32. The van der Waals surface area contributed by atoms with E-state index in [4.69, 9.17) is 4.74 Å². The van der Waals surface area contributed by atoms with Crippen LogP contribution in [0, 0.1) is 0 Å². The molecule has 0 aliphatic heterocycles. The van der Waals surface area contributed by atoms with Gasteiger partial charge in [0.15, 0.2) is 0 Å². The molecule has 0 aliphatic rings. The summed E-state index contributed by atoms with van der Waals surface area (Å²) in [4.78, 5) is 21.2. The summed E-state index contributed by atoms with van der Waals surface area (Å²) in [7, 11) is -3.19. The van der Waals surface area contributed by atoms with Crippen molar-refractivity contribution in [3.63, 3.8) is 0 Å². The molecule has 1 aromatic rings. The number of hydrogen-bond acceptors (Lipinski definition) is 4. The number of amides is 1. The number of carbonyl (C=O) groups is 1. The second-order valence-electron chi connectivity index (χ2n) is 6.07. The molecule has 0 spiro atoms. The molecule has 0 heterocycles. The maximum atomic E-state index is 11.7. The first-order valence-corrected chi connectivity index (χ1v) is 9.69. The highest BCUT2D eigenvalue weighted by molar-refractivity contribution is 7.58. The van der Waals surface area contributed by atoms with Gasteiger partial charge in [-0.15, -0.1) is 0 Å². The van der Waals surface area contributed by atoms with Gasteiger partial charge in [0.05, 0.1) is 0 Å². The summed E-state index contributed by atoms with van der Waals surface area (Å²) < 4.78 is 16.8. The summed E-state index contributed by atoms with van der Waals surface area (Å²) in [5, 5.41) is 5.77. The molecule has 130 valence electrons. The zero-order chi connectivity index (χ0) is 17.5. The molecule has 0 aliphatic carbocycles. The quantitative estimate of drug-likeness (QED) is 0.630. The van der Waals surface area contributed by atoms with E-state index in [9.17, 15) is 14.3 Å². The Kier molecular flexibility index (Phi) is 7.59. The van der Waals surface area contributed by atoms with Crippen molar-refractivity contribution in [2.75, 3.05) is 18.0 Å². The Morgan fingerprint density at radius 2 is 1.83 bits per heavy atom. The molecule has 0 radical (unpaired) electrons. The number of carbonyl (C=O) groups excluding carboxylic acids is 1. The maximum Gasteiger partial charge on any atom is 0.407 e. The van der Waals surface area contributed by atoms with Crippen LogP contribution in [-0.2, 0) is 15.9 Å². The molecule has 1 unspecified atom stereocenters. The van der Waals surface area contributed by atoms with Crippen molar-refractivity contribution in [1.29, 1.82) is 0 Å². The fraction of sp³-hybridized carbons (Fsp3) is 0.562. The Morgan fingerprint density at radius 3 is 2.35 bits per heavy atom. The number of benzene rings is 1. The van der Waals surface area contributed by atoms with Crippen LogP contribution < -0.4 is 10.6 Å². The maximum absolute atomic E-state index is 11.7. The van der Waals surface area contributed by atoms with E-state index in [-0.39, 0.29) is 25.0 Å². The zero-order valence-electron chi connectivity index (χ0n) is 14.2. The van der Waals surface area contributed by atoms with E-state index >= 15 is 0 Å². The largest absolute Gasteiger partial charge is 0.445 e. The van der Waals surface area contributed by atoms with Crippen molar-refractivity contribution in [2.45, 2.75) is 46.0 Å². The monoisotopic (exact) mass is 342 g/mol. The molecule has 3 N–H and O–H groups in total. The SMILES string of the molecule is CC(C)Nc1ccc(COC(=O)NCCP(=O)(O)C(C)C)cc1. The molecule has 0 fully saturated rings. The molecule has 1 rings (SSSR count). The molecule has 0 saturated carbocycles. The third-order valence-electron chi connectivity index (χ3n) is 3.29. The van der Waals surface area contributed by atoms with Gasteiger partial charge in [0.25, 0.3) is 0 Å². The van der Waals surface area contributed by atoms with E-state index in [0.29, 0.717) is 6.04 Å². The standard InChI is InChI=1S/C16H27N2O4P/c1-12(2)18-15-7-5-14(6-8-15)11-22-16(19)17-9-10-23(20,21)13(3)4/h5-8,12-13,18H,9-11H2,1-4H3,(H,17,19)(H,20,21). The van der Waals surface area contributed by atoms with E-state index in [1.807, 2.05) is 24.3 Å². The zero-order valence-corrected chi connectivity index (χ0v) is 15.1. The first-order valence-electron chi connectivity index (χ1n) is 7.78. The lowest BCUT2D eigenvalue weighted by Gasteiger charge is -2.15. The predicted molar refractivity (Wildman–Crippen MR) is 93.2 cm³/mol. The number of hydrogen-bond donors (Lipinski definition) is 3. The van der Waals surface area contributed by atoms with Crippen LogP contribution in [0.1, 0.15) is 33.3 Å². The number of alkyl carbamates (subject to hydrolysis) is 1. The van der Waals surface area contributed by atoms with Gasteiger partial charge in [0.1, 0.15) is 6.61 Å². The summed E-state index contributed by atoms with van der Waals surface area (Å²) in [6, 6.07) is 8.00. The third kappa shape index (κ3) is 7.53. The molecule has 0 saturated heterocycles. The van der Waals surface area contributed by atoms with Crippen LogP contribution in [0.2, 0.25) is 0 Å². The van der Waals surface area contributed by atoms with E-state index in [1.165, 1.54) is 0 Å². The van der Waals surface area contributed by atoms with Crippen LogP contribution in [0.5, 0.6) is 0 Å². The minimum absolute atomic E-state index is 0.0509. The summed E-state index contributed by atoms with van der Waals surface area (Å²) in [5.41, 5.74) is 1.59. The Morgan fingerprint density at radius 1 is 1.22 bits per heavy atom. The Hall–Kier alpha value is -1.52. The summed E-state index contributed by atoms with van der Waals surface area (Å²) in [6.45, 7) is 7.79. The van der Waals surface area contributed by atoms with Crippen molar-refractivity contribution < 1.29 is 19.0 Å². The number of nitrogens with one attached hydrogen (secondary N) is 2. The highest BCUT2D eigenvalue weighted by Crippen LogP contribution is 2.44. The van der Waals surface area contributed by atoms with Crippen molar-refractivity contribution in [1.82, 2.24) is 5.32 Å². The predicted octanol–water partition coefficient (Wildman–Crippen LogP) is 3.41. The van der Waals surface area contributed by atoms with Crippen LogP contribution in [-0.4, -0.2) is 35.4 Å². The Bertz CT molecular complexity index is 544. The normalized spacial score (nSPS) is 13.7. The van der Waals surface area contributed by atoms with Gasteiger partial charge in [-0.1, -0.05) is 26.0 Å². The van der Waals surface area contributed by atoms with Gasteiger partial charge in [-0.05, 0) is 31.5 Å². The van der Waals surface area contributed by atoms with Crippen molar-refractivity contribution in [3.05, 3.63) is 29.8 Å². The lowest BCUT2D eigenvalue weighted by molar-refractivity contribution is 0.140. The van der Waals surface area contributed by atoms with Gasteiger partial charge in [-0.3, -0.25) is 4.57 Å². The van der Waals surface area contributed by atoms with Crippen LogP contribution in [0.3, 0.4) is 0 Å². The average Bonchev–Trinajstić information content (AvgIpc) is 2.45. The van der Waals surface area contributed by atoms with Crippen LogP contribution >= 0.6 is 7.37 Å². The van der Waals surface area contributed by atoms with Crippen molar-refractivity contribution in [2.24, 2.45) is 0 Å². The number of rotatable bonds is 8. The minimum atomic E-state index is -3.19. The molecule has 23 heavy (non-hydrogen) atoms. The fourth-order valence-corrected chi connectivity index (χ4v) is 2.76. The smallest absolute Gasteiger partial charge is 0.407 e. The topological polar surface area (TPSA) is 87.7 Å². The molecule has 6 nitrogen and oxygen atoms in total. The molecule has 1 atom stereocenters. The fourth-order valence-electron chi connectivity index (χ4n) is 1.81. The van der Waals surface area contributed by atoms with Gasteiger partial charge >= 0.3 is 6.09 Å². The van der Waals surface area contributed by atoms with Crippen LogP contribution in [0.4, 0.5) is 10.5 Å². The van der Waals surface area contributed by atoms with Crippen molar-refractivity contribution in [3.8, 4) is 0 Å². The summed E-state index contributed by atoms with van der Waals surface area (Å²) in [5.74, 6) is 0. The molecule has 1 amide bonds. The second-order valence-corrected chi connectivity index (χ2v) is 9.06. The van der Waals surface area contributed by atoms with E-state index in [1.54, 1.807) is 13.8 Å². The second kappa shape index (κ2) is 8.94. The summed E-state index contributed by atoms with van der Waals surface area (Å²) >= 11 is 0. The Labute approximate surface area is 138 Å². The van der Waals surface area contributed by atoms with Gasteiger partial charge in [0, 0.05) is 30.1 Å². The van der Waals surface area contributed by atoms with Gasteiger partial charge in [0.2, 0.25) is 7.37 Å². The third-order valence-corrected chi connectivity index (χ3v) is 5.77. The lowest BCUT2D eigenvalue weighted by atomic mass is 10.2. The first-order chi connectivity index (χ1) is 10.7. The highest BCUT2D eigenvalue weighted by Gasteiger charge is 2.22. The number of anilines is 1.